The molecule has 2 heterocycles. The quantitative estimate of drug-likeness (QED) is 0.761. The van der Waals surface area contributed by atoms with Gasteiger partial charge in [0.1, 0.15) is 17.1 Å². The fourth-order valence-corrected chi connectivity index (χ4v) is 4.40. The van der Waals surface area contributed by atoms with Gasteiger partial charge in [0.05, 0.1) is 5.56 Å². The molecule has 2 aromatic heterocycles. The van der Waals surface area contributed by atoms with Gasteiger partial charge in [0.15, 0.2) is 0 Å². The minimum atomic E-state index is -0.257. The van der Waals surface area contributed by atoms with Gasteiger partial charge in [0.2, 0.25) is 0 Å². The molecule has 8 heteroatoms. The normalized spacial score (nSPS) is 13.0. The number of aryl methyl sites for hydroxylation is 1. The van der Waals surface area contributed by atoms with Gasteiger partial charge in [-0.2, -0.15) is 4.68 Å². The summed E-state index contributed by atoms with van der Waals surface area (Å²) in [5.74, 6) is -0.361. The molecule has 6 nitrogen and oxygen atoms in total. The third-order valence-corrected chi connectivity index (χ3v) is 5.58. The number of hydrogen-bond acceptors (Lipinski definition) is 5. The summed E-state index contributed by atoms with van der Waals surface area (Å²) < 4.78 is 14.5. The summed E-state index contributed by atoms with van der Waals surface area (Å²) in [4.78, 5) is 14.0. The molecule has 128 valence electrons. The van der Waals surface area contributed by atoms with Gasteiger partial charge in [0, 0.05) is 11.4 Å². The molecule has 0 radical (unpaired) electrons. The molecule has 1 aliphatic rings. The van der Waals surface area contributed by atoms with Crippen LogP contribution in [0.5, 0.6) is 0 Å². The van der Waals surface area contributed by atoms with Crippen LogP contribution in [-0.2, 0) is 19.3 Å². The maximum atomic E-state index is 12.9. The molecule has 1 aromatic carbocycles. The fraction of sp³-hybridized carbons (Fsp3) is 0.294. The molecule has 1 amide bonds. The van der Waals surface area contributed by atoms with E-state index < -0.39 is 0 Å². The first-order chi connectivity index (χ1) is 12.2. The van der Waals surface area contributed by atoms with Crippen molar-refractivity contribution in [2.24, 2.45) is 0 Å². The smallest absolute Gasteiger partial charge is 0.254 e. The zero-order valence-corrected chi connectivity index (χ0v) is 14.2. The minimum Gasteiger partial charge on any atom is -0.352 e. The zero-order chi connectivity index (χ0) is 17.2. The summed E-state index contributed by atoms with van der Waals surface area (Å²) in [6.45, 7) is 0.490. The van der Waals surface area contributed by atoms with Gasteiger partial charge in [-0.05, 0) is 59.4 Å². The van der Waals surface area contributed by atoms with Crippen molar-refractivity contribution in [2.45, 2.75) is 25.7 Å². The highest BCUT2D eigenvalue weighted by Crippen LogP contribution is 2.37. The topological polar surface area (TPSA) is 72.7 Å². The summed E-state index contributed by atoms with van der Waals surface area (Å²) in [7, 11) is 0. The van der Waals surface area contributed by atoms with E-state index in [1.807, 2.05) is 0 Å². The number of aromatic nitrogens is 4. The van der Waals surface area contributed by atoms with Crippen LogP contribution in [-0.4, -0.2) is 32.7 Å². The van der Waals surface area contributed by atoms with Gasteiger partial charge in [-0.15, -0.1) is 16.4 Å². The van der Waals surface area contributed by atoms with Crippen molar-refractivity contribution in [3.05, 3.63) is 58.0 Å². The Hall–Kier alpha value is -2.61. The molecule has 1 N–H and O–H groups in total. The monoisotopic (exact) mass is 357 g/mol. The maximum absolute atomic E-state index is 12.9. The van der Waals surface area contributed by atoms with Crippen LogP contribution in [0.4, 0.5) is 4.39 Å². The molecule has 0 bridgehead atoms. The molecule has 25 heavy (non-hydrogen) atoms. The predicted molar refractivity (Wildman–Crippen MR) is 91.5 cm³/mol. The van der Waals surface area contributed by atoms with Gasteiger partial charge in [0.25, 0.3) is 5.91 Å². The number of carbonyl (C=O) groups excluding carboxylic acids is 1. The molecule has 1 aliphatic carbocycles. The molecule has 0 atom stereocenters. The summed E-state index contributed by atoms with van der Waals surface area (Å²) >= 11 is 1.58. The third kappa shape index (κ3) is 3.17. The lowest BCUT2D eigenvalue weighted by Gasteiger charge is -2.08. The number of rotatable bonds is 5. The molecule has 0 aliphatic heterocycles. The molecule has 0 spiro atoms. The highest BCUT2D eigenvalue weighted by atomic mass is 32.1. The maximum Gasteiger partial charge on any atom is 0.254 e. The molecular formula is C17H16FN5OS. The van der Waals surface area contributed by atoms with Crippen LogP contribution in [0, 0.1) is 5.82 Å². The van der Waals surface area contributed by atoms with E-state index in [1.165, 1.54) is 23.3 Å². The van der Waals surface area contributed by atoms with E-state index in [2.05, 4.69) is 20.8 Å². The van der Waals surface area contributed by atoms with E-state index in [4.69, 9.17) is 0 Å². The summed E-state index contributed by atoms with van der Waals surface area (Å²) in [5, 5.41) is 15.0. The zero-order valence-electron chi connectivity index (χ0n) is 13.4. The number of fused-ring (bicyclic) bond motifs is 1. The molecule has 0 fully saturated rings. The lowest BCUT2D eigenvalue weighted by molar-refractivity contribution is 0.0953. The second-order valence-corrected chi connectivity index (χ2v) is 7.01. The van der Waals surface area contributed by atoms with Crippen LogP contribution in [0.25, 0.3) is 5.00 Å². The van der Waals surface area contributed by atoms with Crippen molar-refractivity contribution in [3.8, 4) is 5.00 Å². The number of hydrogen-bond donors (Lipinski definition) is 1. The third-order valence-electron chi connectivity index (χ3n) is 4.30. The number of thiophene rings is 1. The predicted octanol–water partition coefficient (Wildman–Crippen LogP) is 2.32. The van der Waals surface area contributed by atoms with E-state index in [9.17, 15) is 9.18 Å². The first-order valence-corrected chi connectivity index (χ1v) is 8.94. The van der Waals surface area contributed by atoms with E-state index in [0.717, 1.165) is 35.4 Å². The Morgan fingerprint density at radius 2 is 2.12 bits per heavy atom. The Balaban J connectivity index is 1.51. The highest BCUT2D eigenvalue weighted by Gasteiger charge is 2.27. The van der Waals surface area contributed by atoms with Gasteiger partial charge >= 0.3 is 0 Å². The van der Waals surface area contributed by atoms with Gasteiger partial charge < -0.3 is 5.32 Å². The van der Waals surface area contributed by atoms with Crippen LogP contribution < -0.4 is 5.32 Å². The Kier molecular flexibility index (Phi) is 4.27. The van der Waals surface area contributed by atoms with E-state index in [1.54, 1.807) is 28.2 Å². The average molecular weight is 357 g/mol. The van der Waals surface area contributed by atoms with Crippen molar-refractivity contribution in [2.75, 3.05) is 6.54 Å². The van der Waals surface area contributed by atoms with Crippen molar-refractivity contribution < 1.29 is 9.18 Å². The Labute approximate surface area is 147 Å². The number of benzene rings is 1. The SMILES string of the molecule is O=C(NCCc1ccc(F)cc1)c1c(-n2cnnn2)sc2c1CCC2. The van der Waals surface area contributed by atoms with Gasteiger partial charge in [-0.25, -0.2) is 4.39 Å². The second-order valence-electron chi connectivity index (χ2n) is 5.92. The highest BCUT2D eigenvalue weighted by molar-refractivity contribution is 7.15. The molecular weight excluding hydrogens is 341 g/mol. The molecule has 0 saturated carbocycles. The van der Waals surface area contributed by atoms with Crippen LogP contribution in [0.1, 0.15) is 32.8 Å². The summed E-state index contributed by atoms with van der Waals surface area (Å²) in [5.41, 5.74) is 2.79. The van der Waals surface area contributed by atoms with Crippen LogP contribution in [0.3, 0.4) is 0 Å². The standard InChI is InChI=1S/C17H16FN5OS/c18-12-6-4-11(5-7-12)8-9-19-16(24)15-13-2-1-3-14(13)25-17(15)23-10-20-21-22-23/h4-7,10H,1-3,8-9H2,(H,19,24). The van der Waals surface area contributed by atoms with Gasteiger partial charge in [-0.1, -0.05) is 12.1 Å². The van der Waals surface area contributed by atoms with Crippen molar-refractivity contribution in [1.29, 1.82) is 0 Å². The Morgan fingerprint density at radius 3 is 2.88 bits per heavy atom. The van der Waals surface area contributed by atoms with Crippen LogP contribution >= 0.6 is 11.3 Å². The Morgan fingerprint density at radius 1 is 1.28 bits per heavy atom. The number of amides is 1. The number of halogens is 1. The fourth-order valence-electron chi connectivity index (χ4n) is 3.10. The van der Waals surface area contributed by atoms with Gasteiger partial charge in [-0.3, -0.25) is 4.79 Å². The van der Waals surface area contributed by atoms with Crippen molar-refractivity contribution in [3.63, 3.8) is 0 Å². The Bertz CT molecular complexity index is 889. The molecule has 0 unspecified atom stereocenters. The summed E-state index contributed by atoms with van der Waals surface area (Å²) in [6.07, 6.45) is 5.15. The van der Waals surface area contributed by atoms with E-state index in [0.29, 0.717) is 18.5 Å². The lowest BCUT2D eigenvalue weighted by Crippen LogP contribution is -2.27. The number of carbonyl (C=O) groups is 1. The first-order valence-electron chi connectivity index (χ1n) is 8.13. The first kappa shape index (κ1) is 15.9. The molecule has 3 aromatic rings. The van der Waals surface area contributed by atoms with Crippen molar-refractivity contribution >= 4 is 17.2 Å². The van der Waals surface area contributed by atoms with Crippen LogP contribution in [0.2, 0.25) is 0 Å². The van der Waals surface area contributed by atoms with E-state index >= 15 is 0 Å². The number of nitrogens with one attached hydrogen (secondary N) is 1. The van der Waals surface area contributed by atoms with Crippen LogP contribution in [0.15, 0.2) is 30.6 Å². The lowest BCUT2D eigenvalue weighted by atomic mass is 10.1. The second kappa shape index (κ2) is 6.72. The number of nitrogens with zero attached hydrogens (tertiary/aromatic N) is 4. The van der Waals surface area contributed by atoms with E-state index in [-0.39, 0.29) is 11.7 Å². The van der Waals surface area contributed by atoms with Crippen molar-refractivity contribution in [1.82, 2.24) is 25.5 Å². The largest absolute Gasteiger partial charge is 0.352 e. The minimum absolute atomic E-state index is 0.105. The number of tetrazole rings is 1. The summed E-state index contributed by atoms with van der Waals surface area (Å²) in [6, 6.07) is 6.32. The molecule has 0 saturated heterocycles. The average Bonchev–Trinajstić information content (AvgIpc) is 3.32. The molecule has 4 rings (SSSR count).